The Labute approximate surface area is 101 Å². The molecule has 4 nitrogen and oxygen atoms in total. The first-order valence-corrected chi connectivity index (χ1v) is 5.89. The average Bonchev–Trinajstić information content (AvgIpc) is 2.76. The Morgan fingerprint density at radius 3 is 2.94 bits per heavy atom. The van der Waals surface area contributed by atoms with Crippen LogP contribution < -0.4 is 10.6 Å². The van der Waals surface area contributed by atoms with Gasteiger partial charge in [-0.05, 0) is 36.6 Å². The zero-order chi connectivity index (χ0) is 11.8. The van der Waals surface area contributed by atoms with Crippen molar-refractivity contribution >= 4 is 11.5 Å². The topological polar surface area (TPSA) is 47.1 Å². The van der Waals surface area contributed by atoms with Gasteiger partial charge in [0.2, 0.25) is 0 Å². The summed E-state index contributed by atoms with van der Waals surface area (Å²) >= 11 is 0. The lowest BCUT2D eigenvalue weighted by Gasteiger charge is -2.27. The third-order valence-electron chi connectivity index (χ3n) is 3.29. The van der Waals surface area contributed by atoms with Crippen LogP contribution in [0.15, 0.2) is 30.5 Å². The first kappa shape index (κ1) is 10.2. The van der Waals surface area contributed by atoms with Crippen LogP contribution in [-0.2, 0) is 6.42 Å². The predicted octanol–water partition coefficient (Wildman–Crippen LogP) is 1.84. The van der Waals surface area contributed by atoms with Crippen LogP contribution in [0.4, 0.5) is 11.5 Å². The largest absolute Gasteiger partial charge is 0.382 e. The van der Waals surface area contributed by atoms with Gasteiger partial charge in [0.1, 0.15) is 5.82 Å². The van der Waals surface area contributed by atoms with Crippen molar-refractivity contribution < 1.29 is 0 Å². The minimum atomic E-state index is 0.555. The molecule has 2 aromatic rings. The summed E-state index contributed by atoms with van der Waals surface area (Å²) in [5, 5.41) is 4.23. The van der Waals surface area contributed by atoms with Gasteiger partial charge in [-0.15, -0.1) is 0 Å². The van der Waals surface area contributed by atoms with E-state index < -0.39 is 0 Å². The summed E-state index contributed by atoms with van der Waals surface area (Å²) in [5.74, 6) is 0.555. The molecule has 1 aromatic carbocycles. The minimum absolute atomic E-state index is 0.555. The molecule has 0 unspecified atom stereocenters. The Bertz CT molecular complexity index is 544. The quantitative estimate of drug-likeness (QED) is 0.810. The molecule has 0 fully saturated rings. The Morgan fingerprint density at radius 1 is 1.29 bits per heavy atom. The van der Waals surface area contributed by atoms with E-state index in [1.165, 1.54) is 17.7 Å². The van der Waals surface area contributed by atoms with Crippen molar-refractivity contribution in [2.24, 2.45) is 0 Å². The number of benzene rings is 1. The van der Waals surface area contributed by atoms with E-state index in [9.17, 15) is 0 Å². The molecule has 0 amide bonds. The van der Waals surface area contributed by atoms with Gasteiger partial charge in [-0.2, -0.15) is 5.10 Å². The molecule has 1 aliphatic heterocycles. The number of nitrogens with zero attached hydrogens (tertiary/aromatic N) is 3. The van der Waals surface area contributed by atoms with Gasteiger partial charge in [-0.25, -0.2) is 4.68 Å². The summed E-state index contributed by atoms with van der Waals surface area (Å²) in [7, 11) is 2.14. The fraction of sp³-hybridized carbons (Fsp3) is 0.308. The van der Waals surface area contributed by atoms with Crippen LogP contribution in [0.3, 0.4) is 0 Å². The van der Waals surface area contributed by atoms with Gasteiger partial charge < -0.3 is 10.6 Å². The highest BCUT2D eigenvalue weighted by molar-refractivity contribution is 5.58. The zero-order valence-corrected chi connectivity index (χ0v) is 9.93. The van der Waals surface area contributed by atoms with E-state index in [0.717, 1.165) is 18.7 Å². The van der Waals surface area contributed by atoms with Crippen LogP contribution >= 0.6 is 0 Å². The Morgan fingerprint density at radius 2 is 2.18 bits per heavy atom. The van der Waals surface area contributed by atoms with E-state index >= 15 is 0 Å². The monoisotopic (exact) mass is 228 g/mol. The SMILES string of the molecule is CN1CCCc2cc(-n3ccc(N)n3)ccc21. The van der Waals surface area contributed by atoms with Crippen LogP contribution in [0, 0.1) is 0 Å². The highest BCUT2D eigenvalue weighted by atomic mass is 15.3. The van der Waals surface area contributed by atoms with Crippen LogP contribution in [0.5, 0.6) is 0 Å². The van der Waals surface area contributed by atoms with Crippen LogP contribution in [0.1, 0.15) is 12.0 Å². The highest BCUT2D eigenvalue weighted by Gasteiger charge is 2.14. The van der Waals surface area contributed by atoms with E-state index in [1.54, 1.807) is 0 Å². The number of aromatic nitrogens is 2. The summed E-state index contributed by atoms with van der Waals surface area (Å²) in [6.07, 6.45) is 4.25. The van der Waals surface area contributed by atoms with E-state index in [1.807, 2.05) is 16.9 Å². The van der Waals surface area contributed by atoms with Gasteiger partial charge >= 0.3 is 0 Å². The molecule has 0 aliphatic carbocycles. The Hall–Kier alpha value is -1.97. The number of nitrogen functional groups attached to an aromatic ring is 1. The lowest BCUT2D eigenvalue weighted by atomic mass is 10.0. The molecule has 88 valence electrons. The highest BCUT2D eigenvalue weighted by Crippen LogP contribution is 2.27. The summed E-state index contributed by atoms with van der Waals surface area (Å²) in [6, 6.07) is 8.28. The number of anilines is 2. The second-order valence-electron chi connectivity index (χ2n) is 4.52. The fourth-order valence-electron chi connectivity index (χ4n) is 2.40. The molecule has 3 rings (SSSR count). The predicted molar refractivity (Wildman–Crippen MR) is 69.6 cm³/mol. The van der Waals surface area contributed by atoms with Gasteiger partial charge in [0.25, 0.3) is 0 Å². The lowest BCUT2D eigenvalue weighted by molar-refractivity contribution is 0.742. The molecule has 4 heteroatoms. The summed E-state index contributed by atoms with van der Waals surface area (Å²) < 4.78 is 1.82. The van der Waals surface area contributed by atoms with Crippen molar-refractivity contribution in [3.05, 3.63) is 36.0 Å². The second-order valence-corrected chi connectivity index (χ2v) is 4.52. The third kappa shape index (κ3) is 1.75. The van der Waals surface area contributed by atoms with Crippen molar-refractivity contribution in [1.29, 1.82) is 0 Å². The van der Waals surface area contributed by atoms with E-state index in [4.69, 9.17) is 5.73 Å². The molecule has 1 aromatic heterocycles. The van der Waals surface area contributed by atoms with Crippen molar-refractivity contribution in [1.82, 2.24) is 9.78 Å². The third-order valence-corrected chi connectivity index (χ3v) is 3.29. The molecule has 1 aliphatic rings. The van der Waals surface area contributed by atoms with Crippen molar-refractivity contribution in [3.8, 4) is 5.69 Å². The summed E-state index contributed by atoms with van der Waals surface area (Å²) in [4.78, 5) is 2.31. The molecule has 0 saturated carbocycles. The summed E-state index contributed by atoms with van der Waals surface area (Å²) in [5.41, 5.74) is 9.44. The molecular formula is C13H16N4. The van der Waals surface area contributed by atoms with Crippen LogP contribution in [0.25, 0.3) is 5.69 Å². The molecule has 0 bridgehead atoms. The molecular weight excluding hydrogens is 212 g/mol. The molecule has 0 saturated heterocycles. The molecule has 0 spiro atoms. The van der Waals surface area contributed by atoms with Gasteiger partial charge in [-0.3, -0.25) is 0 Å². The minimum Gasteiger partial charge on any atom is -0.382 e. The molecule has 0 atom stereocenters. The molecule has 0 radical (unpaired) electrons. The number of hydrogen-bond donors (Lipinski definition) is 1. The first-order valence-electron chi connectivity index (χ1n) is 5.89. The van der Waals surface area contributed by atoms with Crippen molar-refractivity contribution in [3.63, 3.8) is 0 Å². The van der Waals surface area contributed by atoms with E-state index in [0.29, 0.717) is 5.82 Å². The van der Waals surface area contributed by atoms with Gasteiger partial charge in [0.15, 0.2) is 0 Å². The normalized spacial score (nSPS) is 14.8. The van der Waals surface area contributed by atoms with Gasteiger partial charge in [0, 0.05) is 31.5 Å². The zero-order valence-electron chi connectivity index (χ0n) is 9.93. The number of rotatable bonds is 1. The lowest BCUT2D eigenvalue weighted by Crippen LogP contribution is -2.24. The second kappa shape index (κ2) is 3.80. The first-order chi connectivity index (χ1) is 8.24. The number of fused-ring (bicyclic) bond motifs is 1. The van der Waals surface area contributed by atoms with Crippen molar-refractivity contribution in [2.75, 3.05) is 24.2 Å². The average molecular weight is 228 g/mol. The van der Waals surface area contributed by atoms with Crippen LogP contribution in [-0.4, -0.2) is 23.4 Å². The van der Waals surface area contributed by atoms with Gasteiger partial charge in [-0.1, -0.05) is 0 Å². The number of aryl methyl sites for hydroxylation is 1. The Balaban J connectivity index is 2.03. The molecule has 17 heavy (non-hydrogen) atoms. The van der Waals surface area contributed by atoms with E-state index in [2.05, 4.69) is 35.2 Å². The Kier molecular flexibility index (Phi) is 2.28. The maximum atomic E-state index is 5.64. The summed E-state index contributed by atoms with van der Waals surface area (Å²) in [6.45, 7) is 1.14. The number of nitrogens with two attached hydrogens (primary N) is 1. The van der Waals surface area contributed by atoms with Gasteiger partial charge in [0.05, 0.1) is 5.69 Å². The van der Waals surface area contributed by atoms with Crippen molar-refractivity contribution in [2.45, 2.75) is 12.8 Å². The fourth-order valence-corrected chi connectivity index (χ4v) is 2.40. The number of hydrogen-bond acceptors (Lipinski definition) is 3. The van der Waals surface area contributed by atoms with Crippen LogP contribution in [0.2, 0.25) is 0 Å². The maximum absolute atomic E-state index is 5.64. The molecule has 2 N–H and O–H groups in total. The maximum Gasteiger partial charge on any atom is 0.145 e. The molecule has 2 heterocycles. The van der Waals surface area contributed by atoms with E-state index in [-0.39, 0.29) is 0 Å². The smallest absolute Gasteiger partial charge is 0.145 e. The standard InChI is InChI=1S/C13H16N4/c1-16-7-2-3-10-9-11(4-5-12(10)16)17-8-6-13(14)15-17/h4-6,8-9H,2-3,7H2,1H3,(H2,14,15).